The molecule has 0 aliphatic carbocycles. The zero-order valence-corrected chi connectivity index (χ0v) is 16.8. The summed E-state index contributed by atoms with van der Waals surface area (Å²) in [4.78, 5) is 23.9. The van der Waals surface area contributed by atoms with Crippen molar-refractivity contribution in [1.82, 2.24) is 0 Å². The van der Waals surface area contributed by atoms with Crippen LogP contribution >= 0.6 is 0 Å². The van der Waals surface area contributed by atoms with Crippen molar-refractivity contribution in [2.45, 2.75) is 33.6 Å². The number of hydrogen-bond acceptors (Lipinski definition) is 5. The summed E-state index contributed by atoms with van der Waals surface area (Å²) in [6, 6.07) is 16.2. The number of carbonyl (C=O) groups excluding carboxylic acids is 2. The summed E-state index contributed by atoms with van der Waals surface area (Å²) in [5.41, 5.74) is 3.51. The van der Waals surface area contributed by atoms with Gasteiger partial charge in [0.05, 0.1) is 19.8 Å². The summed E-state index contributed by atoms with van der Waals surface area (Å²) in [7, 11) is 0. The molecule has 0 heterocycles. The van der Waals surface area contributed by atoms with Gasteiger partial charge in [0, 0.05) is 0 Å². The van der Waals surface area contributed by atoms with Crippen LogP contribution < -0.4 is 4.74 Å². The Morgan fingerprint density at radius 3 is 1.82 bits per heavy atom. The van der Waals surface area contributed by atoms with E-state index < -0.39 is 17.9 Å². The Kier molecular flexibility index (Phi) is 8.53. The number of rotatable bonds is 10. The topological polar surface area (TPSA) is 61.8 Å². The fraction of sp³-hybridized carbons (Fsp3) is 0.391. The van der Waals surface area contributed by atoms with E-state index in [1.165, 1.54) is 5.56 Å². The van der Waals surface area contributed by atoms with Crippen molar-refractivity contribution in [1.29, 1.82) is 0 Å². The molecule has 0 unspecified atom stereocenters. The normalized spacial score (nSPS) is 10.6. The van der Waals surface area contributed by atoms with Gasteiger partial charge in [0.1, 0.15) is 5.75 Å². The minimum absolute atomic E-state index is 0.235. The van der Waals surface area contributed by atoms with Crippen molar-refractivity contribution >= 4 is 11.9 Å². The Morgan fingerprint density at radius 1 is 0.821 bits per heavy atom. The maximum Gasteiger partial charge on any atom is 0.320 e. The van der Waals surface area contributed by atoms with Crippen molar-refractivity contribution in [3.05, 3.63) is 54.1 Å². The first-order valence-corrected chi connectivity index (χ1v) is 9.68. The molecule has 2 rings (SSSR count). The van der Waals surface area contributed by atoms with E-state index in [9.17, 15) is 9.59 Å². The molecular formula is C23H28O5. The molecule has 0 spiro atoms. The minimum Gasteiger partial charge on any atom is -0.494 e. The summed E-state index contributed by atoms with van der Waals surface area (Å²) in [6.07, 6.45) is 0.876. The first kappa shape index (κ1) is 21.5. The van der Waals surface area contributed by atoms with E-state index in [1.807, 2.05) is 24.3 Å². The number of benzene rings is 2. The van der Waals surface area contributed by atoms with Crippen LogP contribution in [-0.2, 0) is 19.1 Å². The maximum absolute atomic E-state index is 12.0. The summed E-state index contributed by atoms with van der Waals surface area (Å²) in [5, 5.41) is 0. The van der Waals surface area contributed by atoms with Crippen molar-refractivity contribution < 1.29 is 23.8 Å². The molecule has 0 aliphatic rings. The lowest BCUT2D eigenvalue weighted by Crippen LogP contribution is -2.28. The molecular weight excluding hydrogens is 356 g/mol. The van der Waals surface area contributed by atoms with Gasteiger partial charge in [0.2, 0.25) is 0 Å². The lowest BCUT2D eigenvalue weighted by molar-refractivity contribution is -0.162. The number of esters is 2. The molecule has 0 aliphatic heterocycles. The quantitative estimate of drug-likeness (QED) is 0.341. The predicted molar refractivity (Wildman–Crippen MR) is 108 cm³/mol. The van der Waals surface area contributed by atoms with E-state index in [1.54, 1.807) is 13.8 Å². The summed E-state index contributed by atoms with van der Waals surface area (Å²) in [5.74, 6) is -1.22. The van der Waals surface area contributed by atoms with Crippen LogP contribution in [0.4, 0.5) is 0 Å². The van der Waals surface area contributed by atoms with Gasteiger partial charge in [-0.1, -0.05) is 42.0 Å². The Balaban J connectivity index is 1.85. The second kappa shape index (κ2) is 11.1. The molecule has 0 radical (unpaired) electrons. The predicted octanol–water partition coefficient (Wildman–Crippen LogP) is 4.56. The lowest BCUT2D eigenvalue weighted by atomic mass is 10.0. The number of carbonyl (C=O) groups is 2. The molecule has 0 saturated heterocycles. The van der Waals surface area contributed by atoms with Gasteiger partial charge in [-0.25, -0.2) is 0 Å². The highest BCUT2D eigenvalue weighted by Gasteiger charge is 2.28. The molecule has 0 aromatic heterocycles. The highest BCUT2D eigenvalue weighted by atomic mass is 16.6. The molecule has 28 heavy (non-hydrogen) atoms. The van der Waals surface area contributed by atoms with Gasteiger partial charge in [0.25, 0.3) is 0 Å². The second-order valence-corrected chi connectivity index (χ2v) is 6.44. The maximum atomic E-state index is 12.0. The number of aryl methyl sites for hydroxylation is 1. The zero-order chi connectivity index (χ0) is 20.4. The van der Waals surface area contributed by atoms with E-state index >= 15 is 0 Å². The van der Waals surface area contributed by atoms with Gasteiger partial charge < -0.3 is 14.2 Å². The van der Waals surface area contributed by atoms with E-state index in [-0.39, 0.29) is 13.2 Å². The molecule has 150 valence electrons. The van der Waals surface area contributed by atoms with Crippen LogP contribution in [-0.4, -0.2) is 31.8 Å². The van der Waals surface area contributed by atoms with Crippen LogP contribution in [0.5, 0.6) is 5.75 Å². The monoisotopic (exact) mass is 384 g/mol. The Bertz CT molecular complexity index is 732. The molecule has 5 heteroatoms. The van der Waals surface area contributed by atoms with Crippen LogP contribution in [0.15, 0.2) is 48.5 Å². The SMILES string of the molecule is CCOC(=O)C(CCCOc1ccc(-c2ccc(C)cc2)cc1)C(=O)OCC. The fourth-order valence-electron chi connectivity index (χ4n) is 2.78. The van der Waals surface area contributed by atoms with Gasteiger partial charge in [0.15, 0.2) is 5.92 Å². The molecule has 0 bridgehead atoms. The lowest BCUT2D eigenvalue weighted by Gasteiger charge is -2.14. The van der Waals surface area contributed by atoms with Gasteiger partial charge >= 0.3 is 11.9 Å². The first-order valence-electron chi connectivity index (χ1n) is 9.68. The van der Waals surface area contributed by atoms with Crippen LogP contribution in [0.2, 0.25) is 0 Å². The minimum atomic E-state index is -0.896. The van der Waals surface area contributed by atoms with Crippen molar-refractivity contribution in [3.8, 4) is 16.9 Å². The highest BCUT2D eigenvalue weighted by Crippen LogP contribution is 2.23. The van der Waals surface area contributed by atoms with E-state index in [0.29, 0.717) is 19.4 Å². The Labute approximate surface area is 166 Å². The summed E-state index contributed by atoms with van der Waals surface area (Å²) >= 11 is 0. The molecule has 2 aromatic carbocycles. The van der Waals surface area contributed by atoms with E-state index in [0.717, 1.165) is 16.9 Å². The molecule has 0 N–H and O–H groups in total. The smallest absolute Gasteiger partial charge is 0.320 e. The third-order valence-corrected chi connectivity index (χ3v) is 4.29. The largest absolute Gasteiger partial charge is 0.494 e. The molecule has 0 fully saturated rings. The summed E-state index contributed by atoms with van der Waals surface area (Å²) in [6.45, 7) is 6.36. The van der Waals surface area contributed by atoms with Gasteiger partial charge in [-0.05, 0) is 56.9 Å². The molecule has 5 nitrogen and oxygen atoms in total. The third-order valence-electron chi connectivity index (χ3n) is 4.29. The Hall–Kier alpha value is -2.82. The van der Waals surface area contributed by atoms with E-state index in [2.05, 4.69) is 31.2 Å². The molecule has 0 saturated carbocycles. The number of hydrogen-bond donors (Lipinski definition) is 0. The summed E-state index contributed by atoms with van der Waals surface area (Å²) < 4.78 is 15.7. The first-order chi connectivity index (χ1) is 13.5. The Morgan fingerprint density at radius 2 is 1.32 bits per heavy atom. The zero-order valence-electron chi connectivity index (χ0n) is 16.8. The second-order valence-electron chi connectivity index (χ2n) is 6.44. The van der Waals surface area contributed by atoms with Crippen LogP contribution in [0.3, 0.4) is 0 Å². The van der Waals surface area contributed by atoms with Gasteiger partial charge in [-0.3, -0.25) is 9.59 Å². The van der Waals surface area contributed by atoms with Crippen molar-refractivity contribution in [2.75, 3.05) is 19.8 Å². The van der Waals surface area contributed by atoms with Crippen LogP contribution in [0.1, 0.15) is 32.3 Å². The van der Waals surface area contributed by atoms with Crippen LogP contribution in [0.25, 0.3) is 11.1 Å². The van der Waals surface area contributed by atoms with Gasteiger partial charge in [-0.15, -0.1) is 0 Å². The third kappa shape index (κ3) is 6.41. The molecule has 0 atom stereocenters. The van der Waals surface area contributed by atoms with Crippen LogP contribution in [0, 0.1) is 12.8 Å². The van der Waals surface area contributed by atoms with Gasteiger partial charge in [-0.2, -0.15) is 0 Å². The van der Waals surface area contributed by atoms with E-state index in [4.69, 9.17) is 14.2 Å². The highest BCUT2D eigenvalue weighted by molar-refractivity contribution is 5.94. The average Bonchev–Trinajstić information content (AvgIpc) is 2.69. The van der Waals surface area contributed by atoms with Crippen molar-refractivity contribution in [3.63, 3.8) is 0 Å². The molecule has 2 aromatic rings. The standard InChI is InChI=1S/C23H28O5/c1-4-26-22(24)21(23(25)27-5-2)7-6-16-28-20-14-12-19(13-15-20)18-10-8-17(3)9-11-18/h8-15,21H,4-7,16H2,1-3H3. The number of ether oxygens (including phenoxy) is 3. The molecule has 0 amide bonds. The average molecular weight is 384 g/mol. The van der Waals surface area contributed by atoms with Crippen molar-refractivity contribution in [2.24, 2.45) is 5.92 Å². The fourth-order valence-corrected chi connectivity index (χ4v) is 2.78.